The van der Waals surface area contributed by atoms with Gasteiger partial charge in [-0.05, 0) is 66.6 Å². The Hall–Kier alpha value is -4.57. The Bertz CT molecular complexity index is 2240. The third kappa shape index (κ3) is 6.26. The molecule has 4 aromatic carbocycles. The van der Waals surface area contributed by atoms with Gasteiger partial charge in [-0.15, -0.1) is 0 Å². The van der Waals surface area contributed by atoms with E-state index in [2.05, 4.69) is 0 Å². The van der Waals surface area contributed by atoms with Crippen LogP contribution in [0.25, 0.3) is 16.8 Å². The predicted molar refractivity (Wildman–Crippen MR) is 185 cm³/mol. The Labute approximate surface area is 284 Å². The number of ether oxygens (including phenoxy) is 4. The van der Waals surface area contributed by atoms with Gasteiger partial charge in [0.05, 0.1) is 36.6 Å². The summed E-state index contributed by atoms with van der Waals surface area (Å²) in [5.74, 6) is 0.994. The average Bonchev–Trinajstić information content (AvgIpc) is 3.37. The molecule has 8 nitrogen and oxygen atoms in total. The summed E-state index contributed by atoms with van der Waals surface area (Å²) in [6.45, 7) is 3.89. The maximum Gasteiger partial charge on any atom is 0.338 e. The number of benzene rings is 4. The fraction of sp³-hybridized carbons (Fsp3) is 0.194. The average molecular weight is 690 g/mol. The first-order valence-corrected chi connectivity index (χ1v) is 16.3. The summed E-state index contributed by atoms with van der Waals surface area (Å²) in [6, 6.07) is 21.4. The van der Waals surface area contributed by atoms with Crippen LogP contribution in [0.15, 0.2) is 93.9 Å². The number of allylic oxidation sites excluding steroid dienone is 1. The van der Waals surface area contributed by atoms with Crippen molar-refractivity contribution in [2.45, 2.75) is 26.5 Å². The van der Waals surface area contributed by atoms with Gasteiger partial charge < -0.3 is 18.9 Å². The number of hydrogen-bond donors (Lipinski definition) is 0. The molecule has 5 aromatic rings. The SMILES string of the molecule is CCOC(=O)C1=C(C)N=c2s/c(=C\c3ccc(OCc4ccc(Cl)cc4Cl)c(OC)c3)c(=O)n2[C@@H]1c1c(OC)ccc2ccccc12. The number of carbonyl (C=O) groups excluding carboxylic acids is 1. The zero-order valence-corrected chi connectivity index (χ0v) is 28.3. The van der Waals surface area contributed by atoms with Crippen molar-refractivity contribution in [3.05, 3.63) is 130 Å². The zero-order chi connectivity index (χ0) is 33.2. The van der Waals surface area contributed by atoms with Crippen molar-refractivity contribution in [3.8, 4) is 17.2 Å². The number of halogens is 2. The molecule has 1 aliphatic heterocycles. The van der Waals surface area contributed by atoms with E-state index in [1.807, 2.05) is 42.5 Å². The van der Waals surface area contributed by atoms with Crippen molar-refractivity contribution in [1.29, 1.82) is 0 Å². The molecule has 0 fully saturated rings. The fourth-order valence-electron chi connectivity index (χ4n) is 5.64. The molecule has 1 atom stereocenters. The molecule has 240 valence electrons. The summed E-state index contributed by atoms with van der Waals surface area (Å²) in [7, 11) is 3.12. The van der Waals surface area contributed by atoms with Crippen LogP contribution in [0.4, 0.5) is 0 Å². The van der Waals surface area contributed by atoms with Crippen LogP contribution in [-0.2, 0) is 16.1 Å². The molecule has 1 aromatic heterocycles. The summed E-state index contributed by atoms with van der Waals surface area (Å²) in [5.41, 5.74) is 2.62. The van der Waals surface area contributed by atoms with E-state index in [9.17, 15) is 9.59 Å². The molecule has 0 radical (unpaired) electrons. The molecule has 0 saturated carbocycles. The third-order valence-electron chi connectivity index (χ3n) is 7.82. The number of aromatic nitrogens is 1. The zero-order valence-electron chi connectivity index (χ0n) is 26.0. The Morgan fingerprint density at radius 3 is 2.49 bits per heavy atom. The first-order valence-electron chi connectivity index (χ1n) is 14.7. The first kappa shape index (κ1) is 32.4. The summed E-state index contributed by atoms with van der Waals surface area (Å²) >= 11 is 13.6. The third-order valence-corrected chi connectivity index (χ3v) is 9.39. The molecule has 0 amide bonds. The predicted octanol–water partition coefficient (Wildman–Crippen LogP) is 6.85. The minimum Gasteiger partial charge on any atom is -0.496 e. The summed E-state index contributed by atoms with van der Waals surface area (Å²) in [5, 5.41) is 2.84. The molecule has 47 heavy (non-hydrogen) atoms. The van der Waals surface area contributed by atoms with Gasteiger partial charge in [-0.25, -0.2) is 9.79 Å². The van der Waals surface area contributed by atoms with Crippen molar-refractivity contribution in [3.63, 3.8) is 0 Å². The van der Waals surface area contributed by atoms with Gasteiger partial charge >= 0.3 is 5.97 Å². The second-order valence-electron chi connectivity index (χ2n) is 10.6. The molecular weight excluding hydrogens is 659 g/mol. The Balaban J connectivity index is 1.46. The maximum absolute atomic E-state index is 14.3. The van der Waals surface area contributed by atoms with Crippen LogP contribution in [0.5, 0.6) is 17.2 Å². The van der Waals surface area contributed by atoms with E-state index < -0.39 is 12.0 Å². The summed E-state index contributed by atoms with van der Waals surface area (Å²) in [6.07, 6.45) is 1.77. The number of carbonyl (C=O) groups is 1. The van der Waals surface area contributed by atoms with Gasteiger partial charge in [0.1, 0.15) is 18.4 Å². The molecule has 0 N–H and O–H groups in total. The topological polar surface area (TPSA) is 88.4 Å². The molecule has 0 aliphatic carbocycles. The minimum absolute atomic E-state index is 0.174. The van der Waals surface area contributed by atoms with Crippen molar-refractivity contribution < 1.29 is 23.7 Å². The highest BCUT2D eigenvalue weighted by molar-refractivity contribution is 7.07. The highest BCUT2D eigenvalue weighted by Gasteiger charge is 2.36. The smallest absolute Gasteiger partial charge is 0.338 e. The van der Waals surface area contributed by atoms with Crippen LogP contribution in [0.1, 0.15) is 36.6 Å². The highest BCUT2D eigenvalue weighted by atomic mass is 35.5. The second kappa shape index (κ2) is 13.7. The number of methoxy groups -OCH3 is 2. The van der Waals surface area contributed by atoms with Crippen molar-refractivity contribution in [2.75, 3.05) is 20.8 Å². The molecule has 2 heterocycles. The van der Waals surface area contributed by atoms with Gasteiger partial charge in [-0.1, -0.05) is 77.0 Å². The van der Waals surface area contributed by atoms with Crippen molar-refractivity contribution in [2.24, 2.45) is 4.99 Å². The molecule has 1 aliphatic rings. The monoisotopic (exact) mass is 688 g/mol. The van der Waals surface area contributed by atoms with Crippen molar-refractivity contribution >= 4 is 57.4 Å². The van der Waals surface area contributed by atoms with Gasteiger partial charge in [-0.3, -0.25) is 9.36 Å². The van der Waals surface area contributed by atoms with E-state index in [-0.39, 0.29) is 24.3 Å². The lowest BCUT2D eigenvalue weighted by molar-refractivity contribution is -0.139. The molecule has 0 spiro atoms. The number of nitrogens with zero attached hydrogens (tertiary/aromatic N) is 2. The van der Waals surface area contributed by atoms with Crippen LogP contribution in [0.2, 0.25) is 10.0 Å². The van der Waals surface area contributed by atoms with Gasteiger partial charge in [0, 0.05) is 21.2 Å². The van der Waals surface area contributed by atoms with Gasteiger partial charge in [0.2, 0.25) is 0 Å². The minimum atomic E-state index is -0.835. The Morgan fingerprint density at radius 2 is 1.74 bits per heavy atom. The Kier molecular flexibility index (Phi) is 9.40. The standard InChI is InChI=1S/C36H30Cl2N2O6S/c1-5-45-35(42)31-20(2)39-36-40(33(31)32-25-9-7-6-8-22(25)12-15-28(32)43-3)34(41)30(47-36)17-21-10-14-27(29(16-21)44-4)46-19-23-11-13-24(37)18-26(23)38/h6-18,33H,5,19H2,1-4H3/b30-17-/t33-/m0/s1. The Morgan fingerprint density at radius 1 is 0.979 bits per heavy atom. The lowest BCUT2D eigenvalue weighted by atomic mass is 9.90. The van der Waals surface area contributed by atoms with Gasteiger partial charge in [0.25, 0.3) is 5.56 Å². The van der Waals surface area contributed by atoms with E-state index >= 15 is 0 Å². The van der Waals surface area contributed by atoms with E-state index in [1.54, 1.807) is 69.0 Å². The summed E-state index contributed by atoms with van der Waals surface area (Å²) < 4.78 is 24.9. The number of rotatable bonds is 9. The molecule has 0 unspecified atom stereocenters. The molecular formula is C36H30Cl2N2O6S. The van der Waals surface area contributed by atoms with Crippen LogP contribution in [0.3, 0.4) is 0 Å². The number of esters is 1. The molecule has 0 saturated heterocycles. The molecule has 11 heteroatoms. The number of thiazole rings is 1. The van der Waals surface area contributed by atoms with E-state index in [0.717, 1.165) is 16.3 Å². The van der Waals surface area contributed by atoms with Crippen LogP contribution in [0, 0.1) is 0 Å². The lowest BCUT2D eigenvalue weighted by Crippen LogP contribution is -2.40. The fourth-order valence-corrected chi connectivity index (χ4v) is 7.15. The van der Waals surface area contributed by atoms with Crippen LogP contribution < -0.4 is 29.1 Å². The first-order chi connectivity index (χ1) is 22.7. The van der Waals surface area contributed by atoms with Gasteiger partial charge in [-0.2, -0.15) is 0 Å². The van der Waals surface area contributed by atoms with Crippen molar-refractivity contribution in [1.82, 2.24) is 4.57 Å². The number of hydrogen-bond acceptors (Lipinski definition) is 8. The second-order valence-corrected chi connectivity index (χ2v) is 12.5. The molecule has 6 rings (SSSR count). The van der Waals surface area contributed by atoms with E-state index in [1.165, 1.54) is 11.3 Å². The van der Waals surface area contributed by atoms with Crippen LogP contribution in [-0.4, -0.2) is 31.4 Å². The lowest BCUT2D eigenvalue weighted by Gasteiger charge is -2.27. The quantitative estimate of drug-likeness (QED) is 0.157. The van der Waals surface area contributed by atoms with Crippen LogP contribution >= 0.6 is 34.5 Å². The maximum atomic E-state index is 14.3. The van der Waals surface area contributed by atoms with E-state index in [0.29, 0.717) is 53.5 Å². The number of fused-ring (bicyclic) bond motifs is 2. The van der Waals surface area contributed by atoms with E-state index in [4.69, 9.17) is 47.1 Å². The highest BCUT2D eigenvalue weighted by Crippen LogP contribution is 2.40. The van der Waals surface area contributed by atoms with Gasteiger partial charge in [0.15, 0.2) is 16.3 Å². The largest absolute Gasteiger partial charge is 0.496 e. The summed E-state index contributed by atoms with van der Waals surface area (Å²) in [4.78, 5) is 33.0. The molecule has 0 bridgehead atoms. The normalized spacial score (nSPS) is 14.5.